The molecular weight excluding hydrogens is 440 g/mol. The lowest BCUT2D eigenvalue weighted by Crippen LogP contribution is -2.27. The van der Waals surface area contributed by atoms with Gasteiger partial charge >= 0.3 is 0 Å². The molecule has 4 aromatic rings. The lowest BCUT2D eigenvalue weighted by molar-refractivity contribution is 0.0945. The van der Waals surface area contributed by atoms with Crippen molar-refractivity contribution in [1.82, 2.24) is 9.55 Å². The van der Waals surface area contributed by atoms with E-state index in [1.54, 1.807) is 0 Å². The molecule has 0 spiro atoms. The SMILES string of the molecule is CC1(C)c2cc(C(=O)C3C=CC(C4C=CC=CC4)=CC3)ccc2-n2c3cccnc3c3cccc1c32. The number of pyridine rings is 1. The molecule has 0 amide bonds. The molecular formula is C33H28N2O. The number of carbonyl (C=O) groups is 1. The van der Waals surface area contributed by atoms with E-state index < -0.39 is 0 Å². The highest BCUT2D eigenvalue weighted by Crippen LogP contribution is 2.47. The zero-order chi connectivity index (χ0) is 24.4. The summed E-state index contributed by atoms with van der Waals surface area (Å²) >= 11 is 0. The van der Waals surface area contributed by atoms with Gasteiger partial charge < -0.3 is 4.57 Å². The van der Waals surface area contributed by atoms with Crippen LogP contribution in [-0.2, 0) is 5.41 Å². The van der Waals surface area contributed by atoms with Gasteiger partial charge in [0.25, 0.3) is 0 Å². The van der Waals surface area contributed by atoms with Crippen LogP contribution in [0.1, 0.15) is 48.2 Å². The molecule has 2 aromatic carbocycles. The summed E-state index contributed by atoms with van der Waals surface area (Å²) in [5, 5.41) is 1.18. The summed E-state index contributed by atoms with van der Waals surface area (Å²) in [7, 11) is 0. The van der Waals surface area contributed by atoms with Crippen molar-refractivity contribution in [1.29, 1.82) is 0 Å². The molecule has 0 saturated carbocycles. The zero-order valence-electron chi connectivity index (χ0n) is 20.6. The lowest BCUT2D eigenvalue weighted by Gasteiger charge is -2.35. The van der Waals surface area contributed by atoms with Gasteiger partial charge in [-0.25, -0.2) is 0 Å². The van der Waals surface area contributed by atoms with Gasteiger partial charge in [0.05, 0.1) is 22.2 Å². The monoisotopic (exact) mass is 468 g/mol. The first-order valence-corrected chi connectivity index (χ1v) is 12.8. The maximum Gasteiger partial charge on any atom is 0.170 e. The van der Waals surface area contributed by atoms with E-state index in [4.69, 9.17) is 4.98 Å². The number of ketones is 1. The van der Waals surface area contributed by atoms with Gasteiger partial charge in [0.1, 0.15) is 0 Å². The van der Waals surface area contributed by atoms with Crippen molar-refractivity contribution in [3.05, 3.63) is 120 Å². The highest BCUT2D eigenvalue weighted by Gasteiger charge is 2.36. The Morgan fingerprint density at radius 2 is 1.92 bits per heavy atom. The van der Waals surface area contributed by atoms with Crippen molar-refractivity contribution in [2.45, 2.75) is 32.1 Å². The van der Waals surface area contributed by atoms with Crippen molar-refractivity contribution >= 4 is 27.7 Å². The predicted octanol–water partition coefficient (Wildman–Crippen LogP) is 7.64. The molecule has 0 N–H and O–H groups in total. The van der Waals surface area contributed by atoms with E-state index in [-0.39, 0.29) is 17.1 Å². The average Bonchev–Trinajstić information content (AvgIpc) is 3.27. The molecule has 2 unspecified atom stereocenters. The molecule has 3 aliphatic rings. The standard InChI is InChI=1S/C33H28N2O/c1-33(2)26-11-6-10-25-30-29(12-7-19-34-30)35(31(25)26)28-18-17-24(20-27(28)33)32(36)23-15-13-22(14-16-23)21-8-4-3-5-9-21/h3-8,10-15,17-21,23H,9,16H2,1-2H3. The van der Waals surface area contributed by atoms with E-state index >= 15 is 0 Å². The third kappa shape index (κ3) is 2.99. The van der Waals surface area contributed by atoms with E-state index in [2.05, 4.69) is 97.3 Å². The first kappa shape index (κ1) is 21.3. The van der Waals surface area contributed by atoms with Crippen LogP contribution >= 0.6 is 0 Å². The summed E-state index contributed by atoms with van der Waals surface area (Å²) in [4.78, 5) is 18.4. The van der Waals surface area contributed by atoms with Crippen LogP contribution in [0.3, 0.4) is 0 Å². The molecule has 2 atom stereocenters. The Balaban J connectivity index is 1.29. The fraction of sp³-hybridized carbons (Fsp3) is 0.212. The second-order valence-corrected chi connectivity index (χ2v) is 10.7. The van der Waals surface area contributed by atoms with Gasteiger partial charge in [-0.15, -0.1) is 0 Å². The number of allylic oxidation sites excluding steroid dienone is 8. The van der Waals surface area contributed by atoms with Crippen molar-refractivity contribution < 1.29 is 4.79 Å². The molecule has 3 heteroatoms. The molecule has 3 heterocycles. The number of hydrogen-bond acceptors (Lipinski definition) is 2. The highest BCUT2D eigenvalue weighted by molar-refractivity contribution is 6.09. The van der Waals surface area contributed by atoms with E-state index in [0.29, 0.717) is 5.92 Å². The van der Waals surface area contributed by atoms with E-state index in [1.807, 2.05) is 18.3 Å². The van der Waals surface area contributed by atoms with Crippen molar-refractivity contribution in [2.24, 2.45) is 11.8 Å². The number of para-hydroxylation sites is 1. The highest BCUT2D eigenvalue weighted by atomic mass is 16.1. The topological polar surface area (TPSA) is 34.9 Å². The van der Waals surface area contributed by atoms with Gasteiger partial charge in [-0.3, -0.25) is 9.78 Å². The molecule has 3 nitrogen and oxygen atoms in total. The maximum atomic E-state index is 13.7. The lowest BCUT2D eigenvalue weighted by atomic mass is 9.73. The largest absolute Gasteiger partial charge is 0.307 e. The molecule has 2 aromatic heterocycles. The second kappa shape index (κ2) is 7.76. The van der Waals surface area contributed by atoms with Gasteiger partial charge in [0.15, 0.2) is 5.78 Å². The summed E-state index contributed by atoms with van der Waals surface area (Å²) in [5.41, 5.74) is 8.83. The first-order valence-electron chi connectivity index (χ1n) is 12.8. The minimum atomic E-state index is -0.230. The van der Waals surface area contributed by atoms with Gasteiger partial charge in [0.2, 0.25) is 0 Å². The minimum Gasteiger partial charge on any atom is -0.307 e. The maximum absolute atomic E-state index is 13.7. The molecule has 7 rings (SSSR count). The Bertz CT molecular complexity index is 1690. The molecule has 36 heavy (non-hydrogen) atoms. The van der Waals surface area contributed by atoms with E-state index in [0.717, 1.165) is 35.1 Å². The van der Waals surface area contributed by atoms with Crippen LogP contribution in [0, 0.1) is 11.8 Å². The number of aromatic nitrogens is 2. The van der Waals surface area contributed by atoms with Crippen LogP contribution in [0.4, 0.5) is 0 Å². The molecule has 0 saturated heterocycles. The number of benzene rings is 2. The van der Waals surface area contributed by atoms with E-state index in [9.17, 15) is 4.79 Å². The smallest absolute Gasteiger partial charge is 0.170 e. The minimum absolute atomic E-state index is 0.114. The van der Waals surface area contributed by atoms with Crippen LogP contribution in [0.5, 0.6) is 0 Å². The Morgan fingerprint density at radius 3 is 2.72 bits per heavy atom. The van der Waals surface area contributed by atoms with Crippen molar-refractivity contribution in [3.63, 3.8) is 0 Å². The number of nitrogens with zero attached hydrogens (tertiary/aromatic N) is 2. The summed E-state index contributed by atoms with van der Waals surface area (Å²) in [6, 6.07) is 17.0. The zero-order valence-corrected chi connectivity index (χ0v) is 20.6. The fourth-order valence-corrected chi connectivity index (χ4v) is 6.31. The van der Waals surface area contributed by atoms with Crippen LogP contribution < -0.4 is 0 Å². The van der Waals surface area contributed by atoms with Gasteiger partial charge in [-0.05, 0) is 59.9 Å². The third-order valence-electron chi connectivity index (χ3n) is 8.28. The molecule has 0 radical (unpaired) electrons. The Hall–Kier alpha value is -3.98. The number of Topliss-reactive ketones (excluding diaryl/α,β-unsaturated/α-hetero) is 1. The Morgan fingerprint density at radius 1 is 1.00 bits per heavy atom. The van der Waals surface area contributed by atoms with Crippen molar-refractivity contribution in [2.75, 3.05) is 0 Å². The summed E-state index contributed by atoms with van der Waals surface area (Å²) in [6.07, 6.45) is 18.9. The van der Waals surface area contributed by atoms with Crippen LogP contribution in [-0.4, -0.2) is 15.3 Å². The normalized spacial score (nSPS) is 21.6. The average molecular weight is 469 g/mol. The number of rotatable bonds is 3. The Kier molecular flexibility index (Phi) is 4.59. The van der Waals surface area contributed by atoms with Gasteiger partial charge in [0, 0.05) is 34.4 Å². The molecule has 0 fully saturated rings. The number of hydrogen-bond donors (Lipinski definition) is 0. The predicted molar refractivity (Wildman–Crippen MR) is 147 cm³/mol. The van der Waals surface area contributed by atoms with Gasteiger partial charge in [-0.1, -0.05) is 74.6 Å². The van der Waals surface area contributed by atoms with Gasteiger partial charge in [-0.2, -0.15) is 0 Å². The fourth-order valence-electron chi connectivity index (χ4n) is 6.31. The van der Waals surface area contributed by atoms with Crippen molar-refractivity contribution in [3.8, 4) is 5.69 Å². The molecule has 0 bridgehead atoms. The Labute approximate surface area is 211 Å². The third-order valence-corrected chi connectivity index (χ3v) is 8.28. The van der Waals surface area contributed by atoms with Crippen LogP contribution in [0.25, 0.3) is 27.6 Å². The summed E-state index contributed by atoms with van der Waals surface area (Å²) in [6.45, 7) is 4.54. The molecule has 1 aliphatic heterocycles. The number of fused-ring (bicyclic) bond motifs is 5. The summed E-state index contributed by atoms with van der Waals surface area (Å²) < 4.78 is 2.34. The second-order valence-electron chi connectivity index (χ2n) is 10.7. The quantitative estimate of drug-likeness (QED) is 0.290. The summed E-state index contributed by atoms with van der Waals surface area (Å²) in [5.74, 6) is 0.508. The molecule has 176 valence electrons. The van der Waals surface area contributed by atoms with Crippen LogP contribution in [0.2, 0.25) is 0 Å². The number of carbonyl (C=O) groups excluding carboxylic acids is 1. The first-order chi connectivity index (χ1) is 17.5. The van der Waals surface area contributed by atoms with Crippen LogP contribution in [0.15, 0.2) is 103 Å². The molecule has 2 aliphatic carbocycles. The van der Waals surface area contributed by atoms with E-state index in [1.165, 1.54) is 27.6 Å².